The van der Waals surface area contributed by atoms with E-state index >= 15 is 0 Å². The zero-order chi connectivity index (χ0) is 18.5. The molecule has 0 saturated carbocycles. The van der Waals surface area contributed by atoms with Gasteiger partial charge in [0.25, 0.3) is 0 Å². The Kier molecular flexibility index (Phi) is 6.21. The van der Waals surface area contributed by atoms with Crippen LogP contribution in [0.5, 0.6) is 5.75 Å². The van der Waals surface area contributed by atoms with Gasteiger partial charge in [-0.2, -0.15) is 0 Å². The summed E-state index contributed by atoms with van der Waals surface area (Å²) < 4.78 is 55.9. The first kappa shape index (κ1) is 19.4. The van der Waals surface area contributed by atoms with E-state index in [1.165, 1.54) is 19.2 Å². The molecule has 0 radical (unpaired) electrons. The first-order valence-corrected chi connectivity index (χ1v) is 11.0. The van der Waals surface area contributed by atoms with Crippen LogP contribution in [0.4, 0.5) is 0 Å². The Labute approximate surface area is 148 Å². The van der Waals surface area contributed by atoms with E-state index in [1.54, 1.807) is 0 Å². The number of sulfone groups is 1. The van der Waals surface area contributed by atoms with Crippen LogP contribution in [0.15, 0.2) is 58.3 Å². The Morgan fingerprint density at radius 1 is 1.00 bits per heavy atom. The molecule has 25 heavy (non-hydrogen) atoms. The maximum absolute atomic E-state index is 12.5. The predicted octanol–water partition coefficient (Wildman–Crippen LogP) is 2.01. The van der Waals surface area contributed by atoms with Crippen LogP contribution in [0.25, 0.3) is 0 Å². The second-order valence-electron chi connectivity index (χ2n) is 5.57. The molecule has 0 spiro atoms. The number of aryl methyl sites for hydroxylation is 1. The van der Waals surface area contributed by atoms with Crippen LogP contribution >= 0.6 is 0 Å². The number of ether oxygens (including phenoxy) is 1. The highest BCUT2D eigenvalue weighted by Crippen LogP contribution is 2.26. The number of sulfonamides is 1. The van der Waals surface area contributed by atoms with Crippen molar-refractivity contribution in [3.8, 4) is 5.75 Å². The molecule has 2 aromatic rings. The number of hydrogen-bond acceptors (Lipinski definition) is 5. The monoisotopic (exact) mass is 383 g/mol. The van der Waals surface area contributed by atoms with Crippen molar-refractivity contribution in [3.05, 3.63) is 54.1 Å². The van der Waals surface area contributed by atoms with Gasteiger partial charge in [0.1, 0.15) is 10.6 Å². The van der Waals surface area contributed by atoms with Gasteiger partial charge in [-0.3, -0.25) is 0 Å². The summed E-state index contributed by atoms with van der Waals surface area (Å²) in [4.78, 5) is -0.254. The van der Waals surface area contributed by atoms with Crippen molar-refractivity contribution in [2.45, 2.75) is 22.6 Å². The van der Waals surface area contributed by atoms with Crippen LogP contribution in [-0.4, -0.2) is 36.7 Å². The van der Waals surface area contributed by atoms with E-state index in [1.807, 2.05) is 30.3 Å². The van der Waals surface area contributed by atoms with E-state index in [0.29, 0.717) is 6.42 Å². The Bertz CT molecular complexity index is 923. The first-order valence-electron chi connectivity index (χ1n) is 7.66. The van der Waals surface area contributed by atoms with Crippen molar-refractivity contribution in [2.75, 3.05) is 19.9 Å². The van der Waals surface area contributed by atoms with E-state index in [9.17, 15) is 16.8 Å². The highest BCUT2D eigenvalue weighted by atomic mass is 32.2. The molecule has 0 heterocycles. The van der Waals surface area contributed by atoms with Gasteiger partial charge in [0.2, 0.25) is 10.0 Å². The van der Waals surface area contributed by atoms with Gasteiger partial charge in [-0.05, 0) is 36.6 Å². The van der Waals surface area contributed by atoms with Crippen LogP contribution in [0.1, 0.15) is 12.0 Å². The van der Waals surface area contributed by atoms with Gasteiger partial charge in [0, 0.05) is 12.8 Å². The zero-order valence-corrected chi connectivity index (χ0v) is 15.7. The molecule has 2 aromatic carbocycles. The summed E-state index contributed by atoms with van der Waals surface area (Å²) in [6, 6.07) is 13.5. The van der Waals surface area contributed by atoms with Crippen molar-refractivity contribution in [3.63, 3.8) is 0 Å². The molecule has 0 aliphatic carbocycles. The Morgan fingerprint density at radius 2 is 1.68 bits per heavy atom. The second kappa shape index (κ2) is 7.99. The number of benzene rings is 2. The van der Waals surface area contributed by atoms with Crippen molar-refractivity contribution < 1.29 is 21.6 Å². The zero-order valence-electron chi connectivity index (χ0n) is 14.1. The van der Waals surface area contributed by atoms with Gasteiger partial charge >= 0.3 is 0 Å². The van der Waals surface area contributed by atoms with Crippen LogP contribution in [-0.2, 0) is 26.3 Å². The number of rotatable bonds is 8. The third kappa shape index (κ3) is 5.29. The largest absolute Gasteiger partial charge is 0.495 e. The van der Waals surface area contributed by atoms with Gasteiger partial charge in [-0.15, -0.1) is 0 Å². The predicted molar refractivity (Wildman–Crippen MR) is 96.1 cm³/mol. The molecule has 0 fully saturated rings. The summed E-state index contributed by atoms with van der Waals surface area (Å²) in [5, 5.41) is 0. The molecule has 0 aromatic heterocycles. The van der Waals surface area contributed by atoms with E-state index in [4.69, 9.17) is 4.74 Å². The Balaban J connectivity index is 2.12. The van der Waals surface area contributed by atoms with Crippen molar-refractivity contribution in [2.24, 2.45) is 0 Å². The minimum Gasteiger partial charge on any atom is -0.495 e. The van der Waals surface area contributed by atoms with Gasteiger partial charge < -0.3 is 4.74 Å². The molecule has 6 nitrogen and oxygen atoms in total. The standard InChI is InChI=1S/C17H21NO5S2/c1-23-16-11-10-15(24(2,19)20)13-17(16)25(21,22)18-12-6-9-14-7-4-3-5-8-14/h3-5,7-8,10-11,13,18H,6,9,12H2,1-2H3. The SMILES string of the molecule is COc1ccc(S(C)(=O)=O)cc1S(=O)(=O)NCCCc1ccccc1. The molecular weight excluding hydrogens is 362 g/mol. The number of methoxy groups -OCH3 is 1. The van der Waals surface area contributed by atoms with Crippen LogP contribution in [0.3, 0.4) is 0 Å². The average Bonchev–Trinajstić information content (AvgIpc) is 2.58. The maximum atomic E-state index is 12.5. The maximum Gasteiger partial charge on any atom is 0.244 e. The highest BCUT2D eigenvalue weighted by molar-refractivity contribution is 7.91. The van der Waals surface area contributed by atoms with E-state index < -0.39 is 19.9 Å². The molecule has 0 bridgehead atoms. The average molecular weight is 383 g/mol. The molecule has 0 saturated heterocycles. The molecule has 0 aliphatic rings. The normalized spacial score (nSPS) is 12.1. The van der Waals surface area contributed by atoms with E-state index in [0.717, 1.165) is 24.3 Å². The highest BCUT2D eigenvalue weighted by Gasteiger charge is 2.22. The molecule has 1 N–H and O–H groups in total. The van der Waals surface area contributed by atoms with Crippen LogP contribution in [0, 0.1) is 0 Å². The topological polar surface area (TPSA) is 89.5 Å². The summed E-state index contributed by atoms with van der Waals surface area (Å²) in [5.74, 6) is 0.1000. The quantitative estimate of drug-likeness (QED) is 0.705. The lowest BCUT2D eigenvalue weighted by atomic mass is 10.1. The van der Waals surface area contributed by atoms with Crippen molar-refractivity contribution in [1.29, 1.82) is 0 Å². The molecule has 0 unspecified atom stereocenters. The fourth-order valence-electron chi connectivity index (χ4n) is 2.32. The summed E-state index contributed by atoms with van der Waals surface area (Å²) in [7, 11) is -6.06. The molecule has 2 rings (SSSR count). The van der Waals surface area contributed by atoms with Crippen LogP contribution < -0.4 is 9.46 Å². The molecule has 8 heteroatoms. The van der Waals surface area contributed by atoms with Gasteiger partial charge in [-0.25, -0.2) is 21.6 Å². The van der Waals surface area contributed by atoms with Gasteiger partial charge in [-0.1, -0.05) is 30.3 Å². The van der Waals surface area contributed by atoms with Gasteiger partial charge in [0.15, 0.2) is 9.84 Å². The third-order valence-electron chi connectivity index (χ3n) is 3.63. The number of hydrogen-bond donors (Lipinski definition) is 1. The summed E-state index contributed by atoms with van der Waals surface area (Å²) >= 11 is 0. The minimum absolute atomic E-state index is 0.0713. The van der Waals surface area contributed by atoms with Crippen molar-refractivity contribution in [1.82, 2.24) is 4.72 Å². The Hall–Kier alpha value is -1.90. The second-order valence-corrected chi connectivity index (χ2v) is 9.32. The van der Waals surface area contributed by atoms with Gasteiger partial charge in [0.05, 0.1) is 12.0 Å². The molecule has 0 atom stereocenters. The third-order valence-corrected chi connectivity index (χ3v) is 6.22. The fourth-order valence-corrected chi connectivity index (χ4v) is 4.31. The lowest BCUT2D eigenvalue weighted by Gasteiger charge is -2.12. The lowest BCUT2D eigenvalue weighted by Crippen LogP contribution is -2.25. The molecular formula is C17H21NO5S2. The fraction of sp³-hybridized carbons (Fsp3) is 0.294. The lowest BCUT2D eigenvalue weighted by molar-refractivity contribution is 0.401. The summed E-state index contributed by atoms with van der Waals surface area (Å²) in [5.41, 5.74) is 1.12. The number of nitrogens with one attached hydrogen (secondary N) is 1. The Morgan fingerprint density at radius 3 is 2.28 bits per heavy atom. The minimum atomic E-state index is -3.88. The first-order chi connectivity index (χ1) is 11.7. The van der Waals surface area contributed by atoms with E-state index in [-0.39, 0.29) is 22.1 Å². The smallest absolute Gasteiger partial charge is 0.244 e. The van der Waals surface area contributed by atoms with Crippen LogP contribution in [0.2, 0.25) is 0 Å². The summed E-state index contributed by atoms with van der Waals surface area (Å²) in [6.07, 6.45) is 2.39. The van der Waals surface area contributed by atoms with Crippen molar-refractivity contribution >= 4 is 19.9 Å². The molecule has 0 aliphatic heterocycles. The molecule has 136 valence electrons. The summed E-state index contributed by atoms with van der Waals surface area (Å²) in [6.45, 7) is 0.240. The molecule has 0 amide bonds. The van der Waals surface area contributed by atoms with E-state index in [2.05, 4.69) is 4.72 Å².